The van der Waals surface area contributed by atoms with Gasteiger partial charge in [-0.1, -0.05) is 11.6 Å². The molecule has 0 atom stereocenters. The van der Waals surface area contributed by atoms with Crippen LogP contribution in [0.2, 0.25) is 5.02 Å². The van der Waals surface area contributed by atoms with E-state index in [-0.39, 0.29) is 0 Å². The maximum atomic E-state index is 12.5. The van der Waals surface area contributed by atoms with Gasteiger partial charge in [0.25, 0.3) is 0 Å². The van der Waals surface area contributed by atoms with Gasteiger partial charge in [-0.2, -0.15) is 12.7 Å². The van der Waals surface area contributed by atoms with E-state index < -0.39 is 22.7 Å². The second-order valence-electron chi connectivity index (χ2n) is 4.49. The van der Waals surface area contributed by atoms with Crippen molar-refractivity contribution in [2.24, 2.45) is 0 Å². The molecule has 1 aliphatic heterocycles. The third-order valence-electron chi connectivity index (χ3n) is 3.06. The Bertz CT molecular complexity index is 582. The van der Waals surface area contributed by atoms with Gasteiger partial charge in [-0.15, -0.1) is 0 Å². The third-order valence-corrected chi connectivity index (χ3v) is 5.23. The Kier molecular flexibility index (Phi) is 4.52. The topological polar surface area (TPSA) is 77.9 Å². The first-order chi connectivity index (χ1) is 9.41. The molecule has 0 amide bonds. The molecule has 0 spiro atoms. The van der Waals surface area contributed by atoms with Crippen molar-refractivity contribution < 1.29 is 18.3 Å². The number of aliphatic carboxylic acids is 1. The number of carboxylic acids is 1. The van der Waals surface area contributed by atoms with E-state index >= 15 is 0 Å². The molecule has 0 saturated carbocycles. The monoisotopic (exact) mass is 318 g/mol. The molecule has 0 unspecified atom stereocenters. The van der Waals surface area contributed by atoms with Crippen molar-refractivity contribution in [1.82, 2.24) is 4.31 Å². The van der Waals surface area contributed by atoms with Crippen LogP contribution in [0.15, 0.2) is 24.3 Å². The van der Waals surface area contributed by atoms with Gasteiger partial charge in [0.15, 0.2) is 0 Å². The molecule has 1 heterocycles. The maximum absolute atomic E-state index is 12.5. The molecule has 1 aliphatic rings. The van der Waals surface area contributed by atoms with E-state index in [1.807, 2.05) is 0 Å². The minimum absolute atomic E-state index is 0.295. The number of rotatable bonds is 5. The number of hydrogen-bond donors (Lipinski definition) is 1. The van der Waals surface area contributed by atoms with Gasteiger partial charge in [0.1, 0.15) is 6.54 Å². The number of anilines is 1. The molecule has 1 aromatic carbocycles. The Hall–Kier alpha value is -1.31. The number of carboxylic acid groups (broad SMARTS) is 1. The van der Waals surface area contributed by atoms with E-state index in [1.165, 1.54) is 28.6 Å². The normalized spacial score (nSPS) is 16.2. The van der Waals surface area contributed by atoms with E-state index in [4.69, 9.17) is 16.7 Å². The number of nitrogens with zero attached hydrogens (tertiary/aromatic N) is 2. The van der Waals surface area contributed by atoms with Crippen LogP contribution in [0.4, 0.5) is 5.69 Å². The van der Waals surface area contributed by atoms with Crippen LogP contribution in [-0.4, -0.2) is 43.4 Å². The van der Waals surface area contributed by atoms with Crippen LogP contribution in [0.1, 0.15) is 12.8 Å². The van der Waals surface area contributed by atoms with Crippen molar-refractivity contribution in [2.45, 2.75) is 12.8 Å². The van der Waals surface area contributed by atoms with E-state index in [9.17, 15) is 13.2 Å². The fraction of sp³-hybridized carbons (Fsp3) is 0.417. The molecule has 1 aromatic rings. The first kappa shape index (κ1) is 15.1. The van der Waals surface area contributed by atoms with E-state index in [2.05, 4.69) is 0 Å². The van der Waals surface area contributed by atoms with Gasteiger partial charge in [-0.25, -0.2) is 4.31 Å². The lowest BCUT2D eigenvalue weighted by Crippen LogP contribution is -2.45. The molecule has 0 bridgehead atoms. The van der Waals surface area contributed by atoms with Crippen molar-refractivity contribution in [3.8, 4) is 0 Å². The molecule has 110 valence electrons. The standard InChI is InChI=1S/C12H15ClN2O4S/c13-10-3-5-11(6-4-10)15(9-12(16)17)20(18,19)14-7-1-2-8-14/h3-6H,1-2,7-9H2,(H,16,17). The lowest BCUT2D eigenvalue weighted by atomic mass is 10.3. The Balaban J connectivity index is 2.36. The van der Waals surface area contributed by atoms with E-state index in [0.717, 1.165) is 17.1 Å². The Morgan fingerprint density at radius 1 is 1.25 bits per heavy atom. The predicted molar refractivity (Wildman–Crippen MR) is 76.2 cm³/mol. The molecule has 1 fully saturated rings. The number of benzene rings is 1. The highest BCUT2D eigenvalue weighted by molar-refractivity contribution is 7.90. The fourth-order valence-corrected chi connectivity index (χ4v) is 3.88. The van der Waals surface area contributed by atoms with Crippen molar-refractivity contribution in [3.63, 3.8) is 0 Å². The summed E-state index contributed by atoms with van der Waals surface area (Å²) in [6.07, 6.45) is 1.58. The second kappa shape index (κ2) is 5.99. The zero-order valence-electron chi connectivity index (χ0n) is 10.7. The number of hydrogen-bond acceptors (Lipinski definition) is 3. The summed E-state index contributed by atoms with van der Waals surface area (Å²) in [4.78, 5) is 11.0. The van der Waals surface area contributed by atoms with Crippen molar-refractivity contribution in [3.05, 3.63) is 29.3 Å². The minimum Gasteiger partial charge on any atom is -0.480 e. The van der Waals surface area contributed by atoms with E-state index in [1.54, 1.807) is 0 Å². The van der Waals surface area contributed by atoms with Crippen LogP contribution in [0.5, 0.6) is 0 Å². The van der Waals surface area contributed by atoms with Crippen LogP contribution in [0.3, 0.4) is 0 Å². The molecular weight excluding hydrogens is 304 g/mol. The van der Waals surface area contributed by atoms with Gasteiger partial charge in [0.2, 0.25) is 0 Å². The van der Waals surface area contributed by atoms with Gasteiger partial charge < -0.3 is 5.11 Å². The first-order valence-corrected chi connectivity index (χ1v) is 7.94. The molecular formula is C12H15ClN2O4S. The summed E-state index contributed by atoms with van der Waals surface area (Å²) in [5.74, 6) is -1.21. The summed E-state index contributed by atoms with van der Waals surface area (Å²) in [5, 5.41) is 9.42. The summed E-state index contributed by atoms with van der Waals surface area (Å²) < 4.78 is 27.2. The highest BCUT2D eigenvalue weighted by Crippen LogP contribution is 2.24. The average molecular weight is 319 g/mol. The molecule has 6 nitrogen and oxygen atoms in total. The molecule has 20 heavy (non-hydrogen) atoms. The summed E-state index contributed by atoms with van der Waals surface area (Å²) in [6.45, 7) is 0.235. The molecule has 8 heteroatoms. The van der Waals surface area contributed by atoms with Crippen LogP contribution >= 0.6 is 11.6 Å². The minimum atomic E-state index is -3.82. The summed E-state index contributed by atoms with van der Waals surface area (Å²) in [7, 11) is -3.82. The zero-order valence-corrected chi connectivity index (χ0v) is 12.3. The fourth-order valence-electron chi connectivity index (χ4n) is 2.09. The van der Waals surface area contributed by atoms with Gasteiger partial charge in [-0.05, 0) is 37.1 Å². The van der Waals surface area contributed by atoms with Gasteiger partial charge in [0, 0.05) is 18.1 Å². The molecule has 0 aromatic heterocycles. The second-order valence-corrected chi connectivity index (χ2v) is 6.78. The molecule has 1 N–H and O–H groups in total. The third kappa shape index (κ3) is 3.23. The summed E-state index contributed by atoms with van der Waals surface area (Å²) >= 11 is 5.77. The predicted octanol–water partition coefficient (Wildman–Crippen LogP) is 1.57. The highest BCUT2D eigenvalue weighted by atomic mass is 35.5. The van der Waals surface area contributed by atoms with Crippen molar-refractivity contribution >= 4 is 33.5 Å². The molecule has 0 aliphatic carbocycles. The Morgan fingerprint density at radius 3 is 2.30 bits per heavy atom. The van der Waals surface area contributed by atoms with Crippen molar-refractivity contribution in [2.75, 3.05) is 23.9 Å². The Morgan fingerprint density at radius 2 is 1.80 bits per heavy atom. The van der Waals surface area contributed by atoms with Gasteiger partial charge in [0.05, 0.1) is 5.69 Å². The van der Waals surface area contributed by atoms with Crippen molar-refractivity contribution in [1.29, 1.82) is 0 Å². The van der Waals surface area contributed by atoms with Crippen LogP contribution in [-0.2, 0) is 15.0 Å². The van der Waals surface area contributed by atoms with Gasteiger partial charge in [-0.3, -0.25) is 4.79 Å². The molecule has 2 rings (SSSR count). The van der Waals surface area contributed by atoms with Crippen LogP contribution < -0.4 is 4.31 Å². The summed E-state index contributed by atoms with van der Waals surface area (Å²) in [5.41, 5.74) is 0.295. The largest absolute Gasteiger partial charge is 0.480 e. The molecule has 1 saturated heterocycles. The SMILES string of the molecule is O=C(O)CN(c1ccc(Cl)cc1)S(=O)(=O)N1CCCC1. The highest BCUT2D eigenvalue weighted by Gasteiger charge is 2.33. The Labute approximate surface area is 122 Å². The smallest absolute Gasteiger partial charge is 0.324 e. The van der Waals surface area contributed by atoms with E-state index in [0.29, 0.717) is 23.8 Å². The summed E-state index contributed by atoms with van der Waals surface area (Å²) in [6, 6.07) is 6.06. The molecule has 0 radical (unpaired) electrons. The first-order valence-electron chi connectivity index (χ1n) is 6.16. The number of carbonyl (C=O) groups is 1. The quantitative estimate of drug-likeness (QED) is 0.894. The van der Waals surface area contributed by atoms with Gasteiger partial charge >= 0.3 is 16.2 Å². The number of halogens is 1. The lowest BCUT2D eigenvalue weighted by Gasteiger charge is -2.27. The maximum Gasteiger partial charge on any atom is 0.324 e. The van der Waals surface area contributed by atoms with Crippen LogP contribution in [0.25, 0.3) is 0 Å². The van der Waals surface area contributed by atoms with Crippen LogP contribution in [0, 0.1) is 0 Å². The average Bonchev–Trinajstić information content (AvgIpc) is 2.91. The lowest BCUT2D eigenvalue weighted by molar-refractivity contribution is -0.135. The zero-order chi connectivity index (χ0) is 14.8.